The molecule has 0 bridgehead atoms. The van der Waals surface area contributed by atoms with Gasteiger partial charge in [-0.25, -0.2) is 4.39 Å². The summed E-state index contributed by atoms with van der Waals surface area (Å²) < 4.78 is 30.2. The van der Waals surface area contributed by atoms with Crippen molar-refractivity contribution in [3.63, 3.8) is 0 Å². The van der Waals surface area contributed by atoms with E-state index in [1.807, 2.05) is 55.4 Å². The number of carbonyl (C=O) groups is 2. The number of nitrogens with zero attached hydrogens (tertiary/aromatic N) is 2. The van der Waals surface area contributed by atoms with Gasteiger partial charge in [0.25, 0.3) is 5.91 Å². The van der Waals surface area contributed by atoms with Gasteiger partial charge in [0.05, 0.1) is 18.0 Å². The van der Waals surface area contributed by atoms with E-state index in [2.05, 4.69) is 0 Å². The number of amides is 1. The summed E-state index contributed by atoms with van der Waals surface area (Å²) >= 11 is 1.43. The van der Waals surface area contributed by atoms with E-state index in [0.29, 0.717) is 36.0 Å². The SMILES string of the molecule is COc1ccc([C@H]2Sc3cc(Oc4ccc(F)cc4)ccc3N(CCN(C)C)C(=O)[C@H]2OC(C)=O)cc1. The molecule has 194 valence electrons. The lowest BCUT2D eigenvalue weighted by atomic mass is 10.1. The summed E-state index contributed by atoms with van der Waals surface area (Å²) in [6.45, 7) is 2.33. The highest BCUT2D eigenvalue weighted by molar-refractivity contribution is 7.99. The van der Waals surface area contributed by atoms with Crippen LogP contribution in [0.15, 0.2) is 71.6 Å². The Bertz CT molecular complexity index is 1250. The maximum absolute atomic E-state index is 13.9. The number of hydrogen-bond donors (Lipinski definition) is 0. The molecule has 37 heavy (non-hydrogen) atoms. The molecule has 1 amide bonds. The number of ether oxygens (including phenoxy) is 3. The highest BCUT2D eigenvalue weighted by atomic mass is 32.2. The third-order valence-corrected chi connectivity index (χ3v) is 7.17. The maximum Gasteiger partial charge on any atom is 0.303 e. The number of likely N-dealkylation sites (N-methyl/N-ethyl adjacent to an activating group) is 1. The molecule has 7 nitrogen and oxygen atoms in total. The Balaban J connectivity index is 1.78. The Morgan fingerprint density at radius 3 is 2.27 bits per heavy atom. The topological polar surface area (TPSA) is 68.3 Å². The van der Waals surface area contributed by atoms with E-state index in [-0.39, 0.29) is 11.7 Å². The lowest BCUT2D eigenvalue weighted by Gasteiger charge is -2.28. The molecule has 3 aromatic carbocycles. The molecule has 0 unspecified atom stereocenters. The van der Waals surface area contributed by atoms with Crippen molar-refractivity contribution < 1.29 is 28.2 Å². The second kappa shape index (κ2) is 11.7. The summed E-state index contributed by atoms with van der Waals surface area (Å²) in [7, 11) is 5.45. The standard InChI is InChI=1S/C28H29FN2O5S/c1-18(32)35-26-27(19-5-9-21(34-4)10-6-19)37-25-17-23(36-22-11-7-20(29)8-12-22)13-14-24(25)31(28(26)33)16-15-30(2)3/h5-14,17,26-27H,15-16H2,1-4H3/t26-,27+/m0/s1. The normalized spacial score (nSPS) is 17.2. The van der Waals surface area contributed by atoms with Crippen molar-refractivity contribution in [2.24, 2.45) is 0 Å². The van der Waals surface area contributed by atoms with Crippen molar-refractivity contribution >= 4 is 29.3 Å². The molecule has 0 N–H and O–H groups in total. The van der Waals surface area contributed by atoms with Crippen LogP contribution in [0, 0.1) is 5.82 Å². The Kier molecular flexibility index (Phi) is 8.35. The zero-order valence-corrected chi connectivity index (χ0v) is 22.0. The summed E-state index contributed by atoms with van der Waals surface area (Å²) in [5, 5.41) is -0.508. The molecule has 9 heteroatoms. The third kappa shape index (κ3) is 6.42. The molecule has 1 aliphatic heterocycles. The minimum atomic E-state index is -1.04. The van der Waals surface area contributed by atoms with Crippen LogP contribution in [0.2, 0.25) is 0 Å². The predicted octanol–water partition coefficient (Wildman–Crippen LogP) is 5.30. The maximum atomic E-state index is 13.9. The first-order chi connectivity index (χ1) is 17.7. The van der Waals surface area contributed by atoms with Gasteiger partial charge in [-0.15, -0.1) is 11.8 Å². The summed E-state index contributed by atoms with van der Waals surface area (Å²) in [6, 6.07) is 18.6. The predicted molar refractivity (Wildman–Crippen MR) is 141 cm³/mol. The summed E-state index contributed by atoms with van der Waals surface area (Å²) in [5.41, 5.74) is 1.52. The monoisotopic (exact) mass is 524 g/mol. The average molecular weight is 525 g/mol. The van der Waals surface area contributed by atoms with Gasteiger partial charge in [-0.2, -0.15) is 0 Å². The Labute approximate surface area is 220 Å². The second-order valence-corrected chi connectivity index (χ2v) is 10.0. The number of fused-ring (bicyclic) bond motifs is 1. The van der Waals surface area contributed by atoms with Gasteiger partial charge in [-0.1, -0.05) is 12.1 Å². The highest BCUT2D eigenvalue weighted by Gasteiger charge is 2.41. The van der Waals surface area contributed by atoms with Gasteiger partial charge in [0.15, 0.2) is 6.10 Å². The van der Waals surface area contributed by atoms with Gasteiger partial charge in [0.1, 0.15) is 23.1 Å². The summed E-state index contributed by atoms with van der Waals surface area (Å²) in [6.07, 6.45) is -1.04. The number of halogens is 1. The molecule has 0 saturated carbocycles. The summed E-state index contributed by atoms with van der Waals surface area (Å²) in [5.74, 6) is 0.536. The van der Waals surface area contributed by atoms with E-state index in [0.717, 1.165) is 10.5 Å². The third-order valence-electron chi connectivity index (χ3n) is 5.82. The van der Waals surface area contributed by atoms with Gasteiger partial charge in [0, 0.05) is 24.9 Å². The molecule has 0 aliphatic carbocycles. The number of methoxy groups -OCH3 is 1. The number of thioether (sulfide) groups is 1. The molecule has 0 spiro atoms. The van der Waals surface area contributed by atoms with Crippen molar-refractivity contribution in [1.82, 2.24) is 4.90 Å². The Hall–Kier alpha value is -3.56. The highest BCUT2D eigenvalue weighted by Crippen LogP contribution is 2.48. The lowest BCUT2D eigenvalue weighted by Crippen LogP contribution is -2.45. The minimum Gasteiger partial charge on any atom is -0.497 e. The average Bonchev–Trinajstić information content (AvgIpc) is 2.98. The Morgan fingerprint density at radius 1 is 1.00 bits per heavy atom. The smallest absolute Gasteiger partial charge is 0.303 e. The molecule has 4 rings (SSSR count). The zero-order chi connectivity index (χ0) is 26.5. The molecule has 1 heterocycles. The molecule has 0 saturated heterocycles. The van der Waals surface area contributed by atoms with Gasteiger partial charge in [0.2, 0.25) is 0 Å². The number of rotatable bonds is 8. The zero-order valence-electron chi connectivity index (χ0n) is 21.1. The van der Waals surface area contributed by atoms with Gasteiger partial charge in [-0.05, 0) is 74.3 Å². The number of carbonyl (C=O) groups excluding carboxylic acids is 2. The van der Waals surface area contributed by atoms with Crippen LogP contribution in [0.3, 0.4) is 0 Å². The molecule has 0 radical (unpaired) electrons. The van der Waals surface area contributed by atoms with E-state index >= 15 is 0 Å². The van der Waals surface area contributed by atoms with Gasteiger partial charge in [-0.3, -0.25) is 9.59 Å². The number of benzene rings is 3. The lowest BCUT2D eigenvalue weighted by molar-refractivity contribution is -0.152. The van der Waals surface area contributed by atoms with Crippen molar-refractivity contribution in [3.05, 3.63) is 78.1 Å². The van der Waals surface area contributed by atoms with Crippen LogP contribution in [0.4, 0.5) is 10.1 Å². The van der Waals surface area contributed by atoms with Gasteiger partial charge >= 0.3 is 5.97 Å². The first kappa shape index (κ1) is 26.5. The fraction of sp³-hybridized carbons (Fsp3) is 0.286. The van der Waals surface area contributed by atoms with Crippen molar-refractivity contribution in [2.45, 2.75) is 23.2 Å². The quantitative estimate of drug-likeness (QED) is 0.371. The van der Waals surface area contributed by atoms with E-state index in [1.165, 1.54) is 30.8 Å². The number of esters is 1. The first-order valence-corrected chi connectivity index (χ1v) is 12.6. The molecule has 3 aromatic rings. The second-order valence-electron chi connectivity index (χ2n) is 8.82. The Morgan fingerprint density at radius 2 is 1.65 bits per heavy atom. The van der Waals surface area contributed by atoms with E-state index in [1.54, 1.807) is 30.2 Å². The van der Waals surface area contributed by atoms with Crippen LogP contribution in [0.1, 0.15) is 17.7 Å². The molecular weight excluding hydrogens is 495 g/mol. The fourth-order valence-corrected chi connectivity index (χ4v) is 5.32. The molecule has 0 aromatic heterocycles. The van der Waals surface area contributed by atoms with Gasteiger partial charge < -0.3 is 24.0 Å². The number of anilines is 1. The van der Waals surface area contributed by atoms with Crippen LogP contribution in [-0.4, -0.2) is 57.2 Å². The van der Waals surface area contributed by atoms with Crippen molar-refractivity contribution in [2.75, 3.05) is 39.2 Å². The largest absolute Gasteiger partial charge is 0.497 e. The van der Waals surface area contributed by atoms with Crippen LogP contribution < -0.4 is 14.4 Å². The van der Waals surface area contributed by atoms with Crippen LogP contribution in [-0.2, 0) is 14.3 Å². The molecular formula is C28H29FN2O5S. The van der Waals surface area contributed by atoms with Crippen LogP contribution >= 0.6 is 11.8 Å². The van der Waals surface area contributed by atoms with Crippen molar-refractivity contribution in [1.29, 1.82) is 0 Å². The van der Waals surface area contributed by atoms with E-state index < -0.39 is 17.3 Å². The molecule has 0 fully saturated rings. The number of hydrogen-bond acceptors (Lipinski definition) is 7. The fourth-order valence-electron chi connectivity index (χ4n) is 3.97. The van der Waals surface area contributed by atoms with Crippen molar-refractivity contribution in [3.8, 4) is 17.2 Å². The van der Waals surface area contributed by atoms with Crippen LogP contribution in [0.25, 0.3) is 0 Å². The summed E-state index contributed by atoms with van der Waals surface area (Å²) in [4.78, 5) is 30.4. The van der Waals surface area contributed by atoms with E-state index in [9.17, 15) is 14.0 Å². The molecule has 1 aliphatic rings. The molecule has 2 atom stereocenters. The first-order valence-electron chi connectivity index (χ1n) is 11.8. The van der Waals surface area contributed by atoms with E-state index in [4.69, 9.17) is 14.2 Å². The minimum absolute atomic E-state index is 0.295. The van der Waals surface area contributed by atoms with Crippen LogP contribution in [0.5, 0.6) is 17.2 Å².